The van der Waals surface area contributed by atoms with Crippen LogP contribution in [0.4, 0.5) is 5.82 Å². The first-order valence-electron chi connectivity index (χ1n) is 8.94. The number of hydrogen-bond donors (Lipinski definition) is 1. The SMILES string of the molecule is COc1ccccc1CCNC(=O)C1CCCN(c2ncccc2Cl)C1. The molecule has 0 bridgehead atoms. The van der Waals surface area contributed by atoms with E-state index in [1.54, 1.807) is 13.3 Å². The summed E-state index contributed by atoms with van der Waals surface area (Å²) in [6.07, 6.45) is 4.33. The number of carbonyl (C=O) groups is 1. The highest BCUT2D eigenvalue weighted by atomic mass is 35.5. The monoisotopic (exact) mass is 373 g/mol. The van der Waals surface area contributed by atoms with Gasteiger partial charge >= 0.3 is 0 Å². The summed E-state index contributed by atoms with van der Waals surface area (Å²) in [6.45, 7) is 2.12. The number of amides is 1. The van der Waals surface area contributed by atoms with Crippen molar-refractivity contribution < 1.29 is 9.53 Å². The van der Waals surface area contributed by atoms with Crippen LogP contribution in [0.2, 0.25) is 5.02 Å². The number of anilines is 1. The molecule has 5 nitrogen and oxygen atoms in total. The number of benzene rings is 1. The van der Waals surface area contributed by atoms with E-state index in [9.17, 15) is 4.79 Å². The zero-order valence-corrected chi connectivity index (χ0v) is 15.7. The van der Waals surface area contributed by atoms with Crippen LogP contribution in [0.5, 0.6) is 5.75 Å². The van der Waals surface area contributed by atoms with E-state index in [0.29, 0.717) is 18.1 Å². The maximum atomic E-state index is 12.6. The van der Waals surface area contributed by atoms with Gasteiger partial charge in [-0.25, -0.2) is 4.98 Å². The van der Waals surface area contributed by atoms with Crippen LogP contribution in [0.15, 0.2) is 42.6 Å². The van der Waals surface area contributed by atoms with Crippen LogP contribution in [0, 0.1) is 5.92 Å². The third-order valence-electron chi connectivity index (χ3n) is 4.72. The summed E-state index contributed by atoms with van der Waals surface area (Å²) in [5.41, 5.74) is 1.10. The fourth-order valence-electron chi connectivity index (χ4n) is 3.37. The third kappa shape index (κ3) is 4.47. The van der Waals surface area contributed by atoms with E-state index in [4.69, 9.17) is 16.3 Å². The molecular formula is C20H24ClN3O2. The molecule has 2 aromatic rings. The topological polar surface area (TPSA) is 54.5 Å². The standard InChI is InChI=1S/C20H24ClN3O2/c1-26-18-9-3-2-6-15(18)10-12-23-20(25)16-7-5-13-24(14-16)19-17(21)8-4-11-22-19/h2-4,6,8-9,11,16H,5,7,10,12-14H2,1H3,(H,23,25). The number of piperidine rings is 1. The van der Waals surface area contributed by atoms with Gasteiger partial charge in [0.15, 0.2) is 0 Å². The summed E-state index contributed by atoms with van der Waals surface area (Å²) in [4.78, 5) is 19.1. The van der Waals surface area contributed by atoms with Crippen LogP contribution >= 0.6 is 11.6 Å². The second-order valence-corrected chi connectivity index (χ2v) is 6.85. The molecule has 1 atom stereocenters. The van der Waals surface area contributed by atoms with Gasteiger partial charge in [-0.2, -0.15) is 0 Å². The van der Waals surface area contributed by atoms with Crippen LogP contribution in [0.3, 0.4) is 0 Å². The second-order valence-electron chi connectivity index (χ2n) is 6.45. The maximum absolute atomic E-state index is 12.6. The zero-order valence-electron chi connectivity index (χ0n) is 15.0. The summed E-state index contributed by atoms with van der Waals surface area (Å²) in [6, 6.07) is 11.5. The van der Waals surface area contributed by atoms with Gasteiger partial charge in [0.05, 0.1) is 18.1 Å². The number of para-hydroxylation sites is 1. The van der Waals surface area contributed by atoms with Gasteiger partial charge in [-0.05, 0) is 43.0 Å². The molecule has 1 aliphatic heterocycles. The first-order valence-corrected chi connectivity index (χ1v) is 9.32. The van der Waals surface area contributed by atoms with E-state index in [2.05, 4.69) is 15.2 Å². The van der Waals surface area contributed by atoms with Gasteiger partial charge in [0, 0.05) is 25.8 Å². The summed E-state index contributed by atoms with van der Waals surface area (Å²) in [5.74, 6) is 1.67. The normalized spacial score (nSPS) is 17.0. The molecule has 26 heavy (non-hydrogen) atoms. The predicted molar refractivity (Wildman–Crippen MR) is 104 cm³/mol. The molecule has 0 aliphatic carbocycles. The van der Waals surface area contributed by atoms with Crippen molar-refractivity contribution in [2.24, 2.45) is 5.92 Å². The highest BCUT2D eigenvalue weighted by Gasteiger charge is 2.27. The zero-order chi connectivity index (χ0) is 18.4. The van der Waals surface area contributed by atoms with Crippen molar-refractivity contribution in [3.63, 3.8) is 0 Å². The average molecular weight is 374 g/mol. The fraction of sp³-hybridized carbons (Fsp3) is 0.400. The first kappa shape index (κ1) is 18.5. The van der Waals surface area contributed by atoms with Crippen LogP contribution in [-0.2, 0) is 11.2 Å². The lowest BCUT2D eigenvalue weighted by molar-refractivity contribution is -0.125. The van der Waals surface area contributed by atoms with E-state index in [-0.39, 0.29) is 11.8 Å². The molecule has 3 rings (SSSR count). The largest absolute Gasteiger partial charge is 0.496 e. The number of nitrogens with zero attached hydrogens (tertiary/aromatic N) is 2. The summed E-state index contributed by atoms with van der Waals surface area (Å²) in [5, 5.41) is 3.69. The minimum Gasteiger partial charge on any atom is -0.496 e. The van der Waals surface area contributed by atoms with Crippen LogP contribution < -0.4 is 15.0 Å². The fourth-order valence-corrected chi connectivity index (χ4v) is 3.61. The molecule has 0 spiro atoms. The molecule has 1 saturated heterocycles. The Morgan fingerprint density at radius 1 is 1.35 bits per heavy atom. The lowest BCUT2D eigenvalue weighted by atomic mass is 9.97. The highest BCUT2D eigenvalue weighted by molar-refractivity contribution is 6.32. The minimum atomic E-state index is -0.0421. The lowest BCUT2D eigenvalue weighted by Gasteiger charge is -2.33. The van der Waals surface area contributed by atoms with Crippen molar-refractivity contribution in [1.82, 2.24) is 10.3 Å². The van der Waals surface area contributed by atoms with E-state index in [1.807, 2.05) is 36.4 Å². The highest BCUT2D eigenvalue weighted by Crippen LogP contribution is 2.27. The molecule has 0 saturated carbocycles. The van der Waals surface area contributed by atoms with Crippen LogP contribution in [-0.4, -0.2) is 37.6 Å². The number of methoxy groups -OCH3 is 1. The molecule has 1 fully saturated rings. The number of nitrogens with one attached hydrogen (secondary N) is 1. The predicted octanol–water partition coefficient (Wildman–Crippen LogP) is 3.32. The summed E-state index contributed by atoms with van der Waals surface area (Å²) < 4.78 is 5.35. The van der Waals surface area contributed by atoms with Crippen molar-refractivity contribution >= 4 is 23.3 Å². The number of ether oxygens (including phenoxy) is 1. The van der Waals surface area contributed by atoms with Crippen LogP contribution in [0.1, 0.15) is 18.4 Å². The smallest absolute Gasteiger partial charge is 0.224 e. The van der Waals surface area contributed by atoms with Crippen molar-refractivity contribution in [3.05, 3.63) is 53.2 Å². The van der Waals surface area contributed by atoms with E-state index in [1.165, 1.54) is 0 Å². The Hall–Kier alpha value is -2.27. The van der Waals surface area contributed by atoms with Crippen LogP contribution in [0.25, 0.3) is 0 Å². The Labute approximate surface area is 159 Å². The van der Waals surface area contributed by atoms with Gasteiger partial charge in [-0.1, -0.05) is 29.8 Å². The second kappa shape index (κ2) is 8.90. The lowest BCUT2D eigenvalue weighted by Crippen LogP contribution is -2.43. The first-order chi connectivity index (χ1) is 12.7. The van der Waals surface area contributed by atoms with Crippen molar-refractivity contribution in [1.29, 1.82) is 0 Å². The summed E-state index contributed by atoms with van der Waals surface area (Å²) >= 11 is 6.25. The van der Waals surface area contributed by atoms with Crippen molar-refractivity contribution in [3.8, 4) is 5.75 Å². The quantitative estimate of drug-likeness (QED) is 0.844. The van der Waals surface area contributed by atoms with E-state index >= 15 is 0 Å². The molecule has 0 radical (unpaired) electrons. The third-order valence-corrected chi connectivity index (χ3v) is 5.01. The molecule has 1 aromatic carbocycles. The Morgan fingerprint density at radius 2 is 2.19 bits per heavy atom. The number of aromatic nitrogens is 1. The van der Waals surface area contributed by atoms with E-state index < -0.39 is 0 Å². The number of halogens is 1. The number of hydrogen-bond acceptors (Lipinski definition) is 4. The Kier molecular flexibility index (Phi) is 6.34. The van der Waals surface area contributed by atoms with Gasteiger partial charge in [-0.3, -0.25) is 4.79 Å². The average Bonchev–Trinajstić information content (AvgIpc) is 2.68. The number of carbonyl (C=O) groups excluding carboxylic acids is 1. The van der Waals surface area contributed by atoms with Gasteiger partial charge < -0.3 is 15.0 Å². The van der Waals surface area contributed by atoms with Gasteiger partial charge in [0.2, 0.25) is 5.91 Å². The molecular weight excluding hydrogens is 350 g/mol. The molecule has 2 heterocycles. The summed E-state index contributed by atoms with van der Waals surface area (Å²) in [7, 11) is 1.66. The molecule has 1 N–H and O–H groups in total. The maximum Gasteiger partial charge on any atom is 0.224 e. The van der Waals surface area contributed by atoms with Gasteiger partial charge in [-0.15, -0.1) is 0 Å². The molecule has 1 amide bonds. The van der Waals surface area contributed by atoms with Gasteiger partial charge in [0.25, 0.3) is 0 Å². The van der Waals surface area contributed by atoms with E-state index in [0.717, 1.165) is 42.9 Å². The van der Waals surface area contributed by atoms with Crippen molar-refractivity contribution in [2.45, 2.75) is 19.3 Å². The molecule has 138 valence electrons. The number of pyridine rings is 1. The molecule has 1 unspecified atom stereocenters. The Balaban J connectivity index is 1.54. The van der Waals surface area contributed by atoms with Crippen molar-refractivity contribution in [2.75, 3.05) is 31.6 Å². The molecule has 1 aliphatic rings. The molecule has 6 heteroatoms. The Bertz CT molecular complexity index is 753. The van der Waals surface area contributed by atoms with Gasteiger partial charge in [0.1, 0.15) is 11.6 Å². The molecule has 1 aromatic heterocycles. The number of rotatable bonds is 6. The Morgan fingerprint density at radius 3 is 3.00 bits per heavy atom. The minimum absolute atomic E-state index is 0.0421.